The summed E-state index contributed by atoms with van der Waals surface area (Å²) in [6.45, 7) is 2.06. The molecule has 7 heteroatoms. The van der Waals surface area contributed by atoms with E-state index in [0.717, 1.165) is 25.9 Å². The van der Waals surface area contributed by atoms with Crippen molar-refractivity contribution in [2.45, 2.75) is 18.9 Å². The van der Waals surface area contributed by atoms with Gasteiger partial charge in [-0.15, -0.1) is 0 Å². The first kappa shape index (κ1) is 14.1. The van der Waals surface area contributed by atoms with E-state index >= 15 is 0 Å². The van der Waals surface area contributed by atoms with Gasteiger partial charge < -0.3 is 20.9 Å². The highest BCUT2D eigenvalue weighted by molar-refractivity contribution is 7.18. The third kappa shape index (κ3) is 2.98. The maximum Gasteiger partial charge on any atom is 0.267 e. The molecule has 1 aliphatic rings. The van der Waals surface area contributed by atoms with Crippen molar-refractivity contribution in [1.29, 1.82) is 0 Å². The zero-order valence-electron chi connectivity index (χ0n) is 11.6. The Morgan fingerprint density at radius 2 is 2.16 bits per heavy atom. The summed E-state index contributed by atoms with van der Waals surface area (Å²) in [5.74, 6) is 0.296. The van der Waals surface area contributed by atoms with Crippen LogP contribution in [0.2, 0.25) is 0 Å². The SMILES string of the molecule is CNc1nc(N)c(C(=O)N(C)C2CCN(C)CC2)s1. The molecular weight excluding hydrogens is 262 g/mol. The lowest BCUT2D eigenvalue weighted by atomic mass is 10.0. The van der Waals surface area contributed by atoms with E-state index in [9.17, 15) is 4.79 Å². The van der Waals surface area contributed by atoms with Crippen LogP contribution in [0.4, 0.5) is 10.9 Å². The number of carbonyl (C=O) groups excluding carboxylic acids is 1. The number of thiazole rings is 1. The summed E-state index contributed by atoms with van der Waals surface area (Å²) in [5, 5.41) is 3.60. The molecule has 0 aliphatic carbocycles. The Labute approximate surface area is 117 Å². The zero-order valence-corrected chi connectivity index (χ0v) is 12.5. The fourth-order valence-electron chi connectivity index (χ4n) is 2.30. The monoisotopic (exact) mass is 283 g/mol. The lowest BCUT2D eigenvalue weighted by Gasteiger charge is -2.34. The predicted molar refractivity (Wildman–Crippen MR) is 78.7 cm³/mol. The maximum atomic E-state index is 12.5. The minimum atomic E-state index is -0.0222. The Morgan fingerprint density at radius 3 is 2.68 bits per heavy atom. The highest BCUT2D eigenvalue weighted by Gasteiger charge is 2.27. The summed E-state index contributed by atoms with van der Waals surface area (Å²) < 4.78 is 0. The second kappa shape index (κ2) is 5.75. The van der Waals surface area contributed by atoms with E-state index in [1.807, 2.05) is 11.9 Å². The highest BCUT2D eigenvalue weighted by Crippen LogP contribution is 2.27. The summed E-state index contributed by atoms with van der Waals surface area (Å²) in [7, 11) is 5.74. The molecule has 0 bridgehead atoms. The van der Waals surface area contributed by atoms with Gasteiger partial charge in [0.25, 0.3) is 5.91 Å². The summed E-state index contributed by atoms with van der Waals surface area (Å²) in [6, 6.07) is 0.295. The van der Waals surface area contributed by atoms with Crippen LogP contribution in [-0.4, -0.2) is 61.0 Å². The smallest absolute Gasteiger partial charge is 0.267 e. The van der Waals surface area contributed by atoms with E-state index in [1.165, 1.54) is 11.3 Å². The Kier molecular flexibility index (Phi) is 4.26. The van der Waals surface area contributed by atoms with Crippen molar-refractivity contribution in [3.63, 3.8) is 0 Å². The Hall–Kier alpha value is -1.34. The van der Waals surface area contributed by atoms with Crippen molar-refractivity contribution in [1.82, 2.24) is 14.8 Å². The van der Waals surface area contributed by atoms with Gasteiger partial charge in [-0.05, 0) is 33.0 Å². The molecule has 1 saturated heterocycles. The minimum absolute atomic E-state index is 0.0222. The quantitative estimate of drug-likeness (QED) is 0.863. The van der Waals surface area contributed by atoms with Gasteiger partial charge in [-0.3, -0.25) is 4.79 Å². The molecule has 0 unspecified atom stereocenters. The van der Waals surface area contributed by atoms with Crippen LogP contribution in [0.15, 0.2) is 0 Å². The number of nitrogens with zero attached hydrogens (tertiary/aromatic N) is 3. The van der Waals surface area contributed by atoms with E-state index < -0.39 is 0 Å². The van der Waals surface area contributed by atoms with Crippen molar-refractivity contribution in [3.8, 4) is 0 Å². The third-order valence-electron chi connectivity index (χ3n) is 3.62. The molecular formula is C12H21N5OS. The molecule has 6 nitrogen and oxygen atoms in total. The normalized spacial score (nSPS) is 17.4. The predicted octanol–water partition coefficient (Wildman–Crippen LogP) is 0.933. The van der Waals surface area contributed by atoms with Gasteiger partial charge in [0, 0.05) is 20.1 Å². The molecule has 2 rings (SSSR count). The van der Waals surface area contributed by atoms with Gasteiger partial charge in [-0.1, -0.05) is 11.3 Å². The number of hydrogen-bond donors (Lipinski definition) is 2. The Bertz CT molecular complexity index is 453. The van der Waals surface area contributed by atoms with Gasteiger partial charge in [-0.2, -0.15) is 0 Å². The molecule has 3 N–H and O–H groups in total. The van der Waals surface area contributed by atoms with Crippen molar-refractivity contribution >= 4 is 28.2 Å². The number of carbonyl (C=O) groups is 1. The number of aromatic nitrogens is 1. The van der Waals surface area contributed by atoms with Gasteiger partial charge in [0.15, 0.2) is 5.13 Å². The van der Waals surface area contributed by atoms with E-state index in [4.69, 9.17) is 5.73 Å². The second-order valence-corrected chi connectivity index (χ2v) is 5.93. The standard InChI is InChI=1S/C12H21N5OS/c1-14-12-15-10(13)9(19-12)11(18)17(3)8-4-6-16(2)7-5-8/h8H,4-7,13H2,1-3H3,(H,14,15). The topological polar surface area (TPSA) is 74.5 Å². The molecule has 1 fully saturated rings. The first-order valence-electron chi connectivity index (χ1n) is 6.42. The minimum Gasteiger partial charge on any atom is -0.382 e. The Morgan fingerprint density at radius 1 is 1.53 bits per heavy atom. The molecule has 1 aliphatic heterocycles. The molecule has 106 valence electrons. The lowest BCUT2D eigenvalue weighted by Crippen LogP contribution is -2.44. The van der Waals surface area contributed by atoms with Gasteiger partial charge in [-0.25, -0.2) is 4.98 Å². The van der Waals surface area contributed by atoms with E-state index in [0.29, 0.717) is 21.9 Å². The second-order valence-electron chi connectivity index (χ2n) is 4.93. The molecule has 1 aromatic heterocycles. The van der Waals surface area contributed by atoms with Gasteiger partial charge in [0.2, 0.25) is 0 Å². The first-order chi connectivity index (χ1) is 9.02. The Balaban J connectivity index is 2.07. The van der Waals surface area contributed by atoms with Crippen molar-refractivity contribution in [2.24, 2.45) is 0 Å². The van der Waals surface area contributed by atoms with Crippen LogP contribution in [-0.2, 0) is 0 Å². The molecule has 1 amide bonds. The van der Waals surface area contributed by atoms with E-state index in [-0.39, 0.29) is 5.91 Å². The fourth-order valence-corrected chi connectivity index (χ4v) is 3.12. The zero-order chi connectivity index (χ0) is 14.0. The summed E-state index contributed by atoms with van der Waals surface area (Å²) in [6.07, 6.45) is 2.02. The molecule has 0 aromatic carbocycles. The van der Waals surface area contributed by atoms with Crippen molar-refractivity contribution < 1.29 is 4.79 Å². The number of hydrogen-bond acceptors (Lipinski definition) is 6. The third-order valence-corrected chi connectivity index (χ3v) is 4.69. The molecule has 1 aromatic rings. The number of amides is 1. The maximum absolute atomic E-state index is 12.5. The molecule has 0 radical (unpaired) electrons. The van der Waals surface area contributed by atoms with Gasteiger partial charge in [0.1, 0.15) is 10.7 Å². The van der Waals surface area contributed by atoms with E-state index in [2.05, 4.69) is 22.2 Å². The largest absolute Gasteiger partial charge is 0.382 e. The molecule has 0 atom stereocenters. The molecule has 0 saturated carbocycles. The van der Waals surface area contributed by atoms with Crippen LogP contribution in [0, 0.1) is 0 Å². The fraction of sp³-hybridized carbons (Fsp3) is 0.667. The van der Waals surface area contributed by atoms with Crippen molar-refractivity contribution in [3.05, 3.63) is 4.88 Å². The summed E-state index contributed by atoms with van der Waals surface area (Å²) >= 11 is 1.31. The molecule has 0 spiro atoms. The van der Waals surface area contributed by atoms with Crippen LogP contribution in [0.3, 0.4) is 0 Å². The van der Waals surface area contributed by atoms with Gasteiger partial charge >= 0.3 is 0 Å². The number of nitrogens with two attached hydrogens (primary N) is 1. The number of piperidine rings is 1. The first-order valence-corrected chi connectivity index (χ1v) is 7.24. The van der Waals surface area contributed by atoms with Crippen molar-refractivity contribution in [2.75, 3.05) is 45.3 Å². The van der Waals surface area contributed by atoms with Crippen LogP contribution in [0.1, 0.15) is 22.5 Å². The van der Waals surface area contributed by atoms with Crippen LogP contribution >= 0.6 is 11.3 Å². The molecule has 19 heavy (non-hydrogen) atoms. The molecule has 2 heterocycles. The number of likely N-dealkylation sites (tertiary alicyclic amines) is 1. The lowest BCUT2D eigenvalue weighted by molar-refractivity contribution is 0.0665. The van der Waals surface area contributed by atoms with Crippen LogP contribution in [0.25, 0.3) is 0 Å². The average Bonchev–Trinajstić information content (AvgIpc) is 2.79. The number of nitrogen functional groups attached to an aromatic ring is 1. The number of rotatable bonds is 3. The van der Waals surface area contributed by atoms with Crippen LogP contribution < -0.4 is 11.1 Å². The average molecular weight is 283 g/mol. The number of anilines is 2. The highest BCUT2D eigenvalue weighted by atomic mass is 32.1. The number of nitrogens with one attached hydrogen (secondary N) is 1. The van der Waals surface area contributed by atoms with Gasteiger partial charge in [0.05, 0.1) is 0 Å². The summed E-state index contributed by atoms with van der Waals surface area (Å²) in [5.41, 5.74) is 5.81. The van der Waals surface area contributed by atoms with E-state index in [1.54, 1.807) is 7.05 Å². The van der Waals surface area contributed by atoms with Crippen LogP contribution in [0.5, 0.6) is 0 Å². The summed E-state index contributed by atoms with van der Waals surface area (Å²) in [4.78, 5) is 21.2.